The number of aliphatic imine (C=N–C) groups is 1. The topological polar surface area (TPSA) is 531 Å². The van der Waals surface area contributed by atoms with Crippen molar-refractivity contribution in [3.05, 3.63) is 54.1 Å². The number of carbonyl (C=O) groups is 14. The van der Waals surface area contributed by atoms with Crippen molar-refractivity contribution in [2.24, 2.45) is 45.9 Å². The second kappa shape index (κ2) is 41.4. The zero-order valence-electron chi connectivity index (χ0n) is 57.4. The predicted octanol–water partition coefficient (Wildman–Crippen LogP) is -2.07. The van der Waals surface area contributed by atoms with E-state index in [4.69, 9.17) is 17.2 Å². The first kappa shape index (κ1) is 82.4. The molecule has 4 rings (SSSR count). The first-order chi connectivity index (χ1) is 46.8. The Morgan fingerprint density at radius 1 is 0.677 bits per heavy atom. The third-order valence-electron chi connectivity index (χ3n) is 16.9. The predicted molar refractivity (Wildman–Crippen MR) is 365 cm³/mol. The van der Waals surface area contributed by atoms with Gasteiger partial charge in [-0.1, -0.05) is 98.6 Å². The lowest BCUT2D eigenvalue weighted by Gasteiger charge is -2.30. The van der Waals surface area contributed by atoms with Crippen LogP contribution in [-0.4, -0.2) is 199 Å². The maximum atomic E-state index is 14.9. The van der Waals surface area contributed by atoms with Crippen molar-refractivity contribution in [3.8, 4) is 0 Å². The number of aliphatic carboxylic acids is 2. The molecule has 2 aliphatic rings. The second-order valence-corrected chi connectivity index (χ2v) is 26.9. The molecule has 0 spiro atoms. The SMILES string of the molecule is CC[C@H](C)[C@H](NC(=O)[C@@H](CCC(=O)O)NC(=O)[C@H](CC(C)C)NC(=O)[C@@H]1CSC([C@@H](N)C(C)C)=N1)C(=O)N[C@H]1CCCCNC(=O)[C@H](CC(N)=O)NC(=O)[C@@H](CC(=O)O)NC(=O)[C@H](Cc2cnc[nH]2)NC(=O)[C@@H](Cc2ccccc2)NC(=O)[C@H]([C@@H](C)CC)NC(=O)[C@@H](CCCN)NC1=O. The van der Waals surface area contributed by atoms with Crippen LogP contribution in [0.4, 0.5) is 0 Å². The Morgan fingerprint density at radius 2 is 1.28 bits per heavy atom. The van der Waals surface area contributed by atoms with Crippen LogP contribution in [0.25, 0.3) is 0 Å². The molecule has 0 aliphatic carbocycles. The average Bonchev–Trinajstić information content (AvgIpc) is 1.82. The van der Waals surface area contributed by atoms with Gasteiger partial charge >= 0.3 is 11.9 Å². The van der Waals surface area contributed by atoms with Crippen LogP contribution in [-0.2, 0) is 80.0 Å². The summed E-state index contributed by atoms with van der Waals surface area (Å²) in [6, 6.07) is -8.36. The summed E-state index contributed by atoms with van der Waals surface area (Å²) in [6.45, 7) is 14.0. The first-order valence-corrected chi connectivity index (χ1v) is 34.5. The standard InChI is InChI=1S/C65H101N17O16S/c1-9-35(7)52(82-57(91)41(21-22-49(84)85)73-58(92)42(25-33(3)4)75-62(96)47-31-99-65(80-47)51(68)34(5)6)63(97)74-39-19-14-15-24-70-54(88)45(28-48(67)83)77-61(95)46(29-50(86)87)78-60(94)44(27-38-30-69-32-71-38)76-59(93)43(26-37-17-12-11-13-18-37)79-64(98)53(36(8)10-2)81-56(90)40(20-16-23-66)72-55(39)89/h11-13,17-18,30,32-36,39-47,51-53H,9-10,14-16,19-29,31,66,68H2,1-8H3,(H2,67,83)(H,69,71)(H,70,88)(H,72,89)(H,73,92)(H,74,97)(H,75,96)(H,76,93)(H,77,95)(H,78,94)(H,79,98)(H,81,90)(H,82,91)(H,84,85)(H,86,87)/t35-,36-,39-,40+,41+,42-,43+,44-,45-,46+,47-,51-,52-,53-/m0/s1. The molecule has 1 aromatic heterocycles. The molecule has 548 valence electrons. The molecular formula is C65H101N17O16S. The third-order valence-corrected chi connectivity index (χ3v) is 18.1. The van der Waals surface area contributed by atoms with E-state index in [0.717, 1.165) is 0 Å². The summed E-state index contributed by atoms with van der Waals surface area (Å²) in [7, 11) is 0. The van der Waals surface area contributed by atoms with E-state index in [-0.39, 0.29) is 94.9 Å². The zero-order chi connectivity index (χ0) is 73.6. The van der Waals surface area contributed by atoms with Gasteiger partial charge in [0.25, 0.3) is 0 Å². The highest BCUT2D eigenvalue weighted by atomic mass is 32.2. The number of H-pyrrole nitrogens is 1. The van der Waals surface area contributed by atoms with Gasteiger partial charge in [-0.2, -0.15) is 0 Å². The molecule has 1 fully saturated rings. The van der Waals surface area contributed by atoms with Gasteiger partial charge in [-0.25, -0.2) is 4.98 Å². The normalized spacial score (nSPS) is 23.0. The molecule has 14 atom stereocenters. The fourth-order valence-electron chi connectivity index (χ4n) is 10.6. The number of benzene rings is 1. The number of amides is 12. The monoisotopic (exact) mass is 1410 g/mol. The number of nitrogens with zero attached hydrogens (tertiary/aromatic N) is 2. The number of hydrogen-bond donors (Lipinski definition) is 17. The van der Waals surface area contributed by atoms with Gasteiger partial charge in [0.15, 0.2) is 0 Å². The number of nitrogens with one attached hydrogen (secondary N) is 12. The molecule has 0 unspecified atom stereocenters. The number of rotatable bonds is 30. The van der Waals surface area contributed by atoms with E-state index < -0.39 is 193 Å². The van der Waals surface area contributed by atoms with Crippen LogP contribution in [0.5, 0.6) is 0 Å². The molecule has 12 amide bonds. The number of nitrogens with two attached hydrogens (primary N) is 3. The van der Waals surface area contributed by atoms with Crippen LogP contribution in [0.3, 0.4) is 0 Å². The van der Waals surface area contributed by atoms with Crippen molar-refractivity contribution in [3.63, 3.8) is 0 Å². The number of imidazole rings is 1. The smallest absolute Gasteiger partial charge is 0.305 e. The minimum absolute atomic E-state index is 0.00106. The Morgan fingerprint density at radius 3 is 1.87 bits per heavy atom. The first-order valence-electron chi connectivity index (χ1n) is 33.6. The minimum Gasteiger partial charge on any atom is -0.481 e. The molecule has 3 heterocycles. The van der Waals surface area contributed by atoms with Crippen molar-refractivity contribution in [2.45, 2.75) is 218 Å². The van der Waals surface area contributed by atoms with Crippen molar-refractivity contribution in [2.75, 3.05) is 18.8 Å². The van der Waals surface area contributed by atoms with Crippen molar-refractivity contribution >= 4 is 99.6 Å². The fraction of sp³-hybridized carbons (Fsp3) is 0.631. The summed E-state index contributed by atoms with van der Waals surface area (Å²) in [5, 5.41) is 49.0. The maximum Gasteiger partial charge on any atom is 0.305 e. The Hall–Kier alpha value is -9.05. The lowest BCUT2D eigenvalue weighted by atomic mass is 9.96. The quantitative estimate of drug-likeness (QED) is 0.0400. The minimum atomic E-state index is -1.94. The van der Waals surface area contributed by atoms with Crippen LogP contribution in [0.2, 0.25) is 0 Å². The summed E-state index contributed by atoms with van der Waals surface area (Å²) < 4.78 is 0. The van der Waals surface area contributed by atoms with E-state index in [1.807, 2.05) is 13.8 Å². The van der Waals surface area contributed by atoms with Gasteiger partial charge < -0.3 is 90.9 Å². The molecule has 2 aromatic rings. The summed E-state index contributed by atoms with van der Waals surface area (Å²) in [5.74, 6) is -15.5. The molecular weight excluding hydrogens is 1310 g/mol. The number of aromatic nitrogens is 2. The van der Waals surface area contributed by atoms with E-state index in [9.17, 15) is 77.3 Å². The van der Waals surface area contributed by atoms with E-state index in [0.29, 0.717) is 16.3 Å². The van der Waals surface area contributed by atoms with Crippen LogP contribution in [0.15, 0.2) is 47.8 Å². The number of hydrogen-bond acceptors (Lipinski definition) is 19. The molecule has 0 saturated carbocycles. The third kappa shape index (κ3) is 27.7. The van der Waals surface area contributed by atoms with Crippen LogP contribution >= 0.6 is 11.8 Å². The maximum absolute atomic E-state index is 14.9. The lowest BCUT2D eigenvalue weighted by Crippen LogP contribution is -2.62. The molecule has 33 nitrogen and oxygen atoms in total. The molecule has 20 N–H and O–H groups in total. The Bertz CT molecular complexity index is 3140. The highest BCUT2D eigenvalue weighted by Gasteiger charge is 2.40. The summed E-state index contributed by atoms with van der Waals surface area (Å²) in [5.41, 5.74) is 18.6. The molecule has 0 radical (unpaired) electrons. The molecule has 34 heteroatoms. The molecule has 99 heavy (non-hydrogen) atoms. The molecule has 1 aromatic carbocycles. The van der Waals surface area contributed by atoms with Crippen LogP contribution in [0, 0.1) is 23.7 Å². The number of carboxylic acid groups (broad SMARTS) is 2. The summed E-state index contributed by atoms with van der Waals surface area (Å²) >= 11 is 1.33. The highest BCUT2D eigenvalue weighted by Crippen LogP contribution is 2.24. The van der Waals surface area contributed by atoms with E-state index >= 15 is 0 Å². The van der Waals surface area contributed by atoms with Crippen molar-refractivity contribution in [1.82, 2.24) is 68.5 Å². The van der Waals surface area contributed by atoms with Gasteiger partial charge in [0.05, 0.1) is 30.3 Å². The summed E-state index contributed by atoms with van der Waals surface area (Å²) in [4.78, 5) is 206. The highest BCUT2D eigenvalue weighted by molar-refractivity contribution is 8.14. The van der Waals surface area contributed by atoms with Crippen molar-refractivity contribution < 1.29 is 77.3 Å². The van der Waals surface area contributed by atoms with Crippen LogP contribution in [0.1, 0.15) is 144 Å². The zero-order valence-corrected chi connectivity index (χ0v) is 58.3. The largest absolute Gasteiger partial charge is 0.481 e. The Labute approximate surface area is 579 Å². The fourth-order valence-corrected chi connectivity index (χ4v) is 11.9. The Balaban J connectivity index is 1.77. The molecule has 0 bridgehead atoms. The van der Waals surface area contributed by atoms with E-state index in [2.05, 4.69) is 73.4 Å². The number of aromatic amines is 1. The average molecular weight is 1410 g/mol. The number of carboxylic acids is 2. The van der Waals surface area contributed by atoms with Gasteiger partial charge in [0, 0.05) is 43.5 Å². The van der Waals surface area contributed by atoms with E-state index in [1.165, 1.54) is 24.3 Å². The number of primary amides is 1. The molecule has 2 aliphatic heterocycles. The lowest BCUT2D eigenvalue weighted by molar-refractivity contribution is -0.142. The van der Waals surface area contributed by atoms with E-state index in [1.54, 1.807) is 71.9 Å². The molecule has 1 saturated heterocycles. The second-order valence-electron chi connectivity index (χ2n) is 25.8. The van der Waals surface area contributed by atoms with Gasteiger partial charge in [-0.05, 0) is 80.7 Å². The number of thioether (sulfide) groups is 1. The van der Waals surface area contributed by atoms with Gasteiger partial charge in [0.1, 0.15) is 66.5 Å². The van der Waals surface area contributed by atoms with Gasteiger partial charge in [-0.3, -0.25) is 72.1 Å². The van der Waals surface area contributed by atoms with Crippen LogP contribution < -0.4 is 75.7 Å². The summed E-state index contributed by atoms with van der Waals surface area (Å²) in [6.07, 6.45) is -0.414. The Kier molecular flexibility index (Phi) is 34.4. The van der Waals surface area contributed by atoms with Gasteiger partial charge in [0.2, 0.25) is 70.9 Å². The van der Waals surface area contributed by atoms with Gasteiger partial charge in [-0.15, -0.1) is 11.8 Å². The number of carbonyl (C=O) groups excluding carboxylic acids is 12. The van der Waals surface area contributed by atoms with Crippen molar-refractivity contribution in [1.29, 1.82) is 0 Å².